The van der Waals surface area contributed by atoms with E-state index in [1.165, 1.54) is 0 Å². The fourth-order valence-corrected chi connectivity index (χ4v) is 2.84. The average molecular weight is 251 g/mol. The molecule has 1 rings (SSSR count). The fourth-order valence-electron chi connectivity index (χ4n) is 1.32. The molecule has 17 heavy (non-hydrogen) atoms. The Bertz CT molecular complexity index is 449. The highest BCUT2D eigenvalue weighted by atomic mass is 32.2. The van der Waals surface area contributed by atoms with Crippen LogP contribution in [0.2, 0.25) is 0 Å². The molecule has 0 aliphatic carbocycles. The van der Waals surface area contributed by atoms with Crippen molar-refractivity contribution in [2.45, 2.75) is 25.2 Å². The third-order valence-corrected chi connectivity index (χ3v) is 3.93. The van der Waals surface area contributed by atoms with Crippen LogP contribution >= 0.6 is 0 Å². The number of ether oxygens (including phenoxy) is 1. The first kappa shape index (κ1) is 13.7. The van der Waals surface area contributed by atoms with E-state index < -0.39 is 16.2 Å². The highest BCUT2D eigenvalue weighted by Gasteiger charge is 2.19. The molecule has 0 aliphatic rings. The first-order chi connectivity index (χ1) is 8.00. The Labute approximate surface area is 105 Å². The van der Waals surface area contributed by atoms with Crippen molar-refractivity contribution < 1.29 is 8.95 Å². The Balaban J connectivity index is 2.75. The Kier molecular flexibility index (Phi) is 4.71. The van der Waals surface area contributed by atoms with Crippen LogP contribution in [0.15, 0.2) is 29.2 Å². The van der Waals surface area contributed by atoms with Gasteiger partial charge in [0.2, 0.25) is 0 Å². The van der Waals surface area contributed by atoms with Gasteiger partial charge in [-0.05, 0) is 32.4 Å². The maximum atomic E-state index is 12.1. The van der Waals surface area contributed by atoms with E-state index in [-0.39, 0.29) is 0 Å². The van der Waals surface area contributed by atoms with E-state index >= 15 is 0 Å². The molecular formula is C13H17NO2S. The maximum absolute atomic E-state index is 12.1. The number of methoxy groups -OCH3 is 1. The first-order valence-electron chi connectivity index (χ1n) is 5.43. The van der Waals surface area contributed by atoms with Crippen molar-refractivity contribution in [1.29, 1.82) is 5.26 Å². The summed E-state index contributed by atoms with van der Waals surface area (Å²) < 4.78 is 17.3. The van der Waals surface area contributed by atoms with Gasteiger partial charge in [-0.3, -0.25) is 4.21 Å². The summed E-state index contributed by atoms with van der Waals surface area (Å²) in [7, 11) is 0.446. The summed E-state index contributed by atoms with van der Waals surface area (Å²) in [4.78, 5) is 0.698. The number of hydrogen-bond donors (Lipinski definition) is 0. The van der Waals surface area contributed by atoms with Gasteiger partial charge in [-0.2, -0.15) is 5.26 Å². The molecule has 0 saturated heterocycles. The predicted octanol–water partition coefficient (Wildman–Crippen LogP) is 2.74. The zero-order valence-electron chi connectivity index (χ0n) is 10.4. The third kappa shape index (κ3) is 3.86. The van der Waals surface area contributed by atoms with E-state index in [9.17, 15) is 4.21 Å². The molecule has 0 N–H and O–H groups in total. The minimum atomic E-state index is -1.12. The molecule has 1 aromatic rings. The van der Waals surface area contributed by atoms with Crippen molar-refractivity contribution >= 4 is 10.8 Å². The molecular weight excluding hydrogens is 234 g/mol. The van der Waals surface area contributed by atoms with Gasteiger partial charge in [0.15, 0.2) is 0 Å². The molecule has 0 aliphatic heterocycles. The highest BCUT2D eigenvalue weighted by Crippen LogP contribution is 2.25. The smallest absolute Gasteiger partial charge is 0.134 e. The zero-order chi connectivity index (χ0) is 12.9. The Morgan fingerprint density at radius 3 is 2.65 bits per heavy atom. The SMILES string of the molecule is COc1ccccc1S(=O)CCC(C)(C)C#N. The molecule has 0 amide bonds. The minimum Gasteiger partial charge on any atom is -0.495 e. The molecule has 1 atom stereocenters. The molecule has 0 heterocycles. The molecule has 0 radical (unpaired) electrons. The Morgan fingerprint density at radius 1 is 1.41 bits per heavy atom. The summed E-state index contributed by atoms with van der Waals surface area (Å²) in [5.41, 5.74) is -0.433. The quantitative estimate of drug-likeness (QED) is 0.808. The van der Waals surface area contributed by atoms with Gasteiger partial charge in [-0.25, -0.2) is 0 Å². The normalized spacial score (nSPS) is 12.8. The fraction of sp³-hybridized carbons (Fsp3) is 0.462. The maximum Gasteiger partial charge on any atom is 0.134 e. The lowest BCUT2D eigenvalue weighted by atomic mass is 9.93. The van der Waals surface area contributed by atoms with Gasteiger partial charge in [0.05, 0.1) is 34.3 Å². The zero-order valence-corrected chi connectivity index (χ0v) is 11.2. The molecule has 4 heteroatoms. The van der Waals surface area contributed by atoms with Crippen molar-refractivity contribution in [2.75, 3.05) is 12.9 Å². The number of benzene rings is 1. The second-order valence-corrected chi connectivity index (χ2v) is 5.99. The molecule has 0 bridgehead atoms. The second kappa shape index (κ2) is 5.83. The van der Waals surface area contributed by atoms with Gasteiger partial charge in [-0.15, -0.1) is 0 Å². The topological polar surface area (TPSA) is 50.1 Å². The number of nitrogens with zero attached hydrogens (tertiary/aromatic N) is 1. The van der Waals surface area contributed by atoms with Crippen LogP contribution in [-0.4, -0.2) is 17.1 Å². The molecule has 3 nitrogen and oxygen atoms in total. The summed E-state index contributed by atoms with van der Waals surface area (Å²) in [5, 5.41) is 8.90. The van der Waals surface area contributed by atoms with E-state index in [1.807, 2.05) is 26.0 Å². The van der Waals surface area contributed by atoms with Crippen LogP contribution in [0, 0.1) is 16.7 Å². The lowest BCUT2D eigenvalue weighted by molar-refractivity contribution is 0.403. The highest BCUT2D eigenvalue weighted by molar-refractivity contribution is 7.85. The predicted molar refractivity (Wildman–Crippen MR) is 68.3 cm³/mol. The summed E-state index contributed by atoms with van der Waals surface area (Å²) in [6.45, 7) is 3.71. The van der Waals surface area contributed by atoms with Crippen LogP contribution in [0.4, 0.5) is 0 Å². The molecule has 1 aromatic carbocycles. The summed E-state index contributed by atoms with van der Waals surface area (Å²) in [5.74, 6) is 1.11. The number of nitriles is 1. The summed E-state index contributed by atoms with van der Waals surface area (Å²) >= 11 is 0. The van der Waals surface area contributed by atoms with Crippen LogP contribution in [0.1, 0.15) is 20.3 Å². The monoisotopic (exact) mass is 251 g/mol. The number of rotatable bonds is 5. The van der Waals surface area contributed by atoms with Crippen molar-refractivity contribution in [3.63, 3.8) is 0 Å². The summed E-state index contributed by atoms with van der Waals surface area (Å²) in [6, 6.07) is 9.49. The Hall–Kier alpha value is -1.34. The van der Waals surface area contributed by atoms with Gasteiger partial charge in [0, 0.05) is 5.75 Å². The molecule has 1 unspecified atom stereocenters. The van der Waals surface area contributed by atoms with Gasteiger partial charge >= 0.3 is 0 Å². The molecule has 0 aromatic heterocycles. The van der Waals surface area contributed by atoms with E-state index in [1.54, 1.807) is 19.2 Å². The van der Waals surface area contributed by atoms with Gasteiger partial charge in [0.25, 0.3) is 0 Å². The van der Waals surface area contributed by atoms with Crippen molar-refractivity contribution in [2.24, 2.45) is 5.41 Å². The molecule has 92 valence electrons. The standard InChI is InChI=1S/C13H17NO2S/c1-13(2,10-14)8-9-17(15)12-7-5-4-6-11(12)16-3/h4-7H,8-9H2,1-3H3. The van der Waals surface area contributed by atoms with Gasteiger partial charge in [0.1, 0.15) is 5.75 Å². The first-order valence-corrected chi connectivity index (χ1v) is 6.75. The van der Waals surface area contributed by atoms with Crippen LogP contribution < -0.4 is 4.74 Å². The molecule has 0 saturated carbocycles. The van der Waals surface area contributed by atoms with Crippen molar-refractivity contribution in [3.05, 3.63) is 24.3 Å². The average Bonchev–Trinajstić information content (AvgIpc) is 2.36. The van der Waals surface area contributed by atoms with E-state index in [0.717, 1.165) is 0 Å². The Morgan fingerprint density at radius 2 is 2.06 bits per heavy atom. The van der Waals surface area contributed by atoms with Gasteiger partial charge < -0.3 is 4.74 Å². The lowest BCUT2D eigenvalue weighted by Crippen LogP contribution is -2.13. The molecule has 0 fully saturated rings. The molecule has 0 spiro atoms. The van der Waals surface area contributed by atoms with Gasteiger partial charge in [-0.1, -0.05) is 12.1 Å². The third-order valence-electron chi connectivity index (χ3n) is 2.53. The van der Waals surface area contributed by atoms with Crippen molar-refractivity contribution in [1.82, 2.24) is 0 Å². The van der Waals surface area contributed by atoms with Crippen LogP contribution in [-0.2, 0) is 10.8 Å². The summed E-state index contributed by atoms with van der Waals surface area (Å²) in [6.07, 6.45) is 0.605. The second-order valence-electron chi connectivity index (χ2n) is 4.45. The minimum absolute atomic E-state index is 0.433. The number of hydrogen-bond acceptors (Lipinski definition) is 3. The van der Waals surface area contributed by atoms with Crippen molar-refractivity contribution in [3.8, 4) is 11.8 Å². The lowest BCUT2D eigenvalue weighted by Gasteiger charge is -2.14. The van der Waals surface area contributed by atoms with E-state index in [2.05, 4.69) is 6.07 Å². The van der Waals surface area contributed by atoms with E-state index in [4.69, 9.17) is 10.00 Å². The van der Waals surface area contributed by atoms with Crippen LogP contribution in [0.5, 0.6) is 5.75 Å². The van der Waals surface area contributed by atoms with Crippen LogP contribution in [0.25, 0.3) is 0 Å². The van der Waals surface area contributed by atoms with Crippen LogP contribution in [0.3, 0.4) is 0 Å². The van der Waals surface area contributed by atoms with E-state index in [0.29, 0.717) is 22.8 Å². The number of para-hydroxylation sites is 1. The largest absolute Gasteiger partial charge is 0.495 e.